The van der Waals surface area contributed by atoms with Crippen LogP contribution in [0.1, 0.15) is 37.8 Å². The molecule has 0 spiro atoms. The van der Waals surface area contributed by atoms with Crippen molar-refractivity contribution in [2.75, 3.05) is 13.2 Å². The summed E-state index contributed by atoms with van der Waals surface area (Å²) >= 11 is 0. The monoisotopic (exact) mass is 920 g/mol. The highest BCUT2D eigenvalue weighted by Crippen LogP contribution is 2.37. The Kier molecular flexibility index (Phi) is 15.3. The van der Waals surface area contributed by atoms with E-state index < -0.39 is 68.5 Å². The van der Waals surface area contributed by atoms with E-state index in [2.05, 4.69) is 77.5 Å². The van der Waals surface area contributed by atoms with E-state index >= 15 is 0 Å². The second kappa shape index (κ2) is 18.2. The van der Waals surface area contributed by atoms with E-state index in [-0.39, 0.29) is 5.41 Å². The van der Waals surface area contributed by atoms with Crippen LogP contribution in [0.2, 0.25) is 77.6 Å². The van der Waals surface area contributed by atoms with Crippen LogP contribution in [-0.2, 0) is 38.3 Å². The van der Waals surface area contributed by atoms with Crippen LogP contribution >= 0.6 is 0 Å². The van der Waals surface area contributed by atoms with Gasteiger partial charge in [-0.25, -0.2) is 0 Å². The lowest BCUT2D eigenvalue weighted by atomic mass is 9.78. The molecule has 0 amide bonds. The highest BCUT2D eigenvalue weighted by Gasteiger charge is 2.55. The minimum Gasteiger partial charge on any atom is -0.494 e. The normalized spacial score (nSPS) is 33.1. The fourth-order valence-corrected chi connectivity index (χ4v) is 47.2. The number of rotatable bonds is 16. The Bertz CT molecular complexity index is 1550. The Morgan fingerprint density at radius 2 is 0.719 bits per heavy atom. The van der Waals surface area contributed by atoms with Crippen LogP contribution in [0.15, 0.2) is 97.6 Å². The number of hydrogen-bond acceptors (Lipinski definition) is 10. The third-order valence-electron chi connectivity index (χ3n) is 10.2. The van der Waals surface area contributed by atoms with E-state index in [0.717, 1.165) is 36.4 Å². The molecule has 2 aliphatic rings. The fraction of sp³-hybridized carbons (Fsp3) is 0.487. The average molecular weight is 922 g/mol. The summed E-state index contributed by atoms with van der Waals surface area (Å²) in [5.74, 6) is 1.65. The van der Waals surface area contributed by atoms with Crippen molar-refractivity contribution >= 4 is 68.5 Å². The maximum Gasteiger partial charge on any atom is 0.343 e. The predicted octanol–water partition coefficient (Wildman–Crippen LogP) is 10.4. The topological polar surface area (TPSA) is 92.3 Å². The van der Waals surface area contributed by atoms with E-state index in [9.17, 15) is 0 Å². The molecule has 2 aromatic rings. The van der Waals surface area contributed by atoms with Crippen LogP contribution in [0, 0.1) is 0 Å². The van der Waals surface area contributed by atoms with Gasteiger partial charge in [-0.15, -0.1) is 26.3 Å². The van der Waals surface area contributed by atoms with Crippen LogP contribution in [0.5, 0.6) is 11.5 Å². The molecule has 4 rings (SSSR count). The highest BCUT2D eigenvalue weighted by molar-refractivity contribution is 6.97. The van der Waals surface area contributed by atoms with Gasteiger partial charge in [0.25, 0.3) is 0 Å². The van der Waals surface area contributed by atoms with Gasteiger partial charge in [0, 0.05) is 5.41 Å². The van der Waals surface area contributed by atoms with Gasteiger partial charge >= 0.3 is 68.5 Å². The Morgan fingerprint density at radius 3 is 0.965 bits per heavy atom. The first-order valence-corrected chi connectivity index (χ1v) is 40.1. The van der Waals surface area contributed by atoms with Crippen molar-refractivity contribution in [1.29, 1.82) is 0 Å². The van der Waals surface area contributed by atoms with Crippen LogP contribution in [0.3, 0.4) is 0 Å². The fourth-order valence-electron chi connectivity index (χ4n) is 7.64. The standard InChI is InChI=1S/C39H68O10Si8/c1-17-52(11)42-50(7,8)43-53(12,18-2)47-56(15,46-52)33-21-31-40-37-27-23-35(24-28-37)39(5,6)36-25-29-38(30-26-36)41-32-22-34-57(16)48-54(13,19-3)44-51(9,10)45-55(14,20-4)49-57/h17-20,23-30H,1-4,21-22,31-34H2,5-16H3. The molecule has 0 saturated carbocycles. The summed E-state index contributed by atoms with van der Waals surface area (Å²) in [6.07, 6.45) is 1.54. The number of benzene rings is 2. The molecular weight excluding hydrogens is 853 g/mol. The first-order chi connectivity index (χ1) is 26.3. The molecule has 4 unspecified atom stereocenters. The van der Waals surface area contributed by atoms with E-state index in [1.54, 1.807) is 0 Å². The molecular formula is C39H68O10Si8. The maximum absolute atomic E-state index is 6.76. The van der Waals surface area contributed by atoms with Crippen molar-refractivity contribution in [3.8, 4) is 11.5 Å². The van der Waals surface area contributed by atoms with Gasteiger partial charge in [-0.05, 0) is 126 Å². The first kappa shape index (κ1) is 48.1. The van der Waals surface area contributed by atoms with Crippen molar-refractivity contribution in [2.24, 2.45) is 0 Å². The molecule has 0 radical (unpaired) electrons. The van der Waals surface area contributed by atoms with E-state index in [1.807, 2.05) is 99.4 Å². The Labute approximate surface area is 352 Å². The molecule has 2 fully saturated rings. The third kappa shape index (κ3) is 13.2. The van der Waals surface area contributed by atoms with E-state index in [0.29, 0.717) is 13.2 Å². The van der Waals surface area contributed by atoms with Crippen LogP contribution < -0.4 is 9.47 Å². The Morgan fingerprint density at radius 1 is 0.456 bits per heavy atom. The molecule has 10 nitrogen and oxygen atoms in total. The lowest BCUT2D eigenvalue weighted by molar-refractivity contribution is 0.234. The van der Waals surface area contributed by atoms with Gasteiger partial charge in [-0.1, -0.05) is 60.9 Å². The maximum atomic E-state index is 6.76. The van der Waals surface area contributed by atoms with Crippen molar-refractivity contribution in [3.05, 3.63) is 109 Å². The van der Waals surface area contributed by atoms with Gasteiger partial charge in [0.15, 0.2) is 0 Å². The van der Waals surface area contributed by atoms with Crippen LogP contribution in [0.4, 0.5) is 0 Å². The van der Waals surface area contributed by atoms with Crippen LogP contribution in [0.25, 0.3) is 0 Å². The van der Waals surface area contributed by atoms with Gasteiger partial charge in [0.1, 0.15) is 11.5 Å². The highest BCUT2D eigenvalue weighted by atomic mass is 28.5. The summed E-state index contributed by atoms with van der Waals surface area (Å²) in [5.41, 5.74) is 9.50. The zero-order valence-electron chi connectivity index (χ0n) is 36.6. The molecule has 0 aromatic heterocycles. The Hall–Kier alpha value is -1.58. The lowest BCUT2D eigenvalue weighted by Crippen LogP contribution is -2.65. The Balaban J connectivity index is 1.30. The van der Waals surface area contributed by atoms with Crippen molar-refractivity contribution < 1.29 is 42.4 Å². The van der Waals surface area contributed by atoms with Crippen molar-refractivity contribution in [2.45, 2.75) is 110 Å². The zero-order chi connectivity index (χ0) is 42.6. The summed E-state index contributed by atoms with van der Waals surface area (Å²) in [6, 6.07) is 18.2. The summed E-state index contributed by atoms with van der Waals surface area (Å²) in [7, 11) is -21.2. The second-order valence-electron chi connectivity index (χ2n) is 17.3. The number of ether oxygens (including phenoxy) is 2. The van der Waals surface area contributed by atoms with Gasteiger partial charge < -0.3 is 42.4 Å². The lowest BCUT2D eigenvalue weighted by Gasteiger charge is -2.47. The third-order valence-corrected chi connectivity index (χ3v) is 43.4. The molecule has 0 N–H and O–H groups in total. The molecule has 18 heteroatoms. The van der Waals surface area contributed by atoms with Gasteiger partial charge in [0.05, 0.1) is 13.2 Å². The molecule has 2 aliphatic heterocycles. The van der Waals surface area contributed by atoms with Crippen LogP contribution in [-0.4, -0.2) is 81.7 Å². The SMILES string of the molecule is C=C[Si]1(C)O[Si](C)(C)O[Si](C)(C=C)O[Si](C)(CCCOc2ccc(C(C)(C)c3ccc(OCCC[Si]4(C)O[Si](C)(C=C)O[Si](C)(C)O[Si](C)(C=C)O4)cc3)cc2)O1. The molecule has 316 valence electrons. The number of hydrogen-bond donors (Lipinski definition) is 0. The van der Waals surface area contributed by atoms with E-state index in [1.165, 1.54) is 11.1 Å². The minimum atomic E-state index is -2.70. The predicted molar refractivity (Wildman–Crippen MR) is 249 cm³/mol. The molecule has 2 saturated heterocycles. The molecule has 57 heavy (non-hydrogen) atoms. The zero-order valence-corrected chi connectivity index (χ0v) is 44.6. The molecule has 4 atom stereocenters. The average Bonchev–Trinajstić information content (AvgIpc) is 3.10. The van der Waals surface area contributed by atoms with Crippen molar-refractivity contribution in [1.82, 2.24) is 0 Å². The van der Waals surface area contributed by atoms with Gasteiger partial charge in [0.2, 0.25) is 0 Å². The first-order valence-electron chi connectivity index (χ1n) is 19.9. The largest absolute Gasteiger partial charge is 0.494 e. The smallest absolute Gasteiger partial charge is 0.343 e. The molecule has 2 heterocycles. The molecule has 0 bridgehead atoms. The molecule has 2 aromatic carbocycles. The summed E-state index contributed by atoms with van der Waals surface area (Å²) < 4.78 is 65.6. The molecule has 0 aliphatic carbocycles. The van der Waals surface area contributed by atoms with E-state index in [4.69, 9.17) is 42.4 Å². The minimum absolute atomic E-state index is 0.229. The quantitative estimate of drug-likeness (QED) is 0.120. The van der Waals surface area contributed by atoms with Crippen molar-refractivity contribution in [3.63, 3.8) is 0 Å². The summed E-state index contributed by atoms with van der Waals surface area (Å²) in [6.45, 7) is 42.1. The van der Waals surface area contributed by atoms with Gasteiger partial charge in [-0.2, -0.15) is 0 Å². The second-order valence-corrected chi connectivity index (χ2v) is 44.8. The summed E-state index contributed by atoms with van der Waals surface area (Å²) in [5, 5.41) is 0. The summed E-state index contributed by atoms with van der Waals surface area (Å²) in [4.78, 5) is 0. The van der Waals surface area contributed by atoms with Gasteiger partial charge in [-0.3, -0.25) is 0 Å².